The molecule has 4 rings (SSSR count). The van der Waals surface area contributed by atoms with Crippen LogP contribution in [0.15, 0.2) is 52.9 Å². The van der Waals surface area contributed by atoms with E-state index in [1.54, 1.807) is 17.9 Å². The largest absolute Gasteiger partial charge is 0.494 e. The van der Waals surface area contributed by atoms with E-state index in [1.807, 2.05) is 36.4 Å². The number of aryl methyl sites for hydroxylation is 1. The number of carbonyl (C=O) groups excluding carboxylic acids is 1. The lowest BCUT2D eigenvalue weighted by Gasteiger charge is -2.26. The van der Waals surface area contributed by atoms with Gasteiger partial charge in [-0.1, -0.05) is 30.3 Å². The molecule has 0 fully saturated rings. The smallest absolute Gasteiger partial charge is 0.322 e. The minimum absolute atomic E-state index is 0.155. The van der Waals surface area contributed by atoms with Crippen LogP contribution in [0.1, 0.15) is 16.9 Å². The third-order valence-corrected chi connectivity index (χ3v) is 4.97. The van der Waals surface area contributed by atoms with Crippen molar-refractivity contribution in [1.82, 2.24) is 4.90 Å². The van der Waals surface area contributed by atoms with Gasteiger partial charge in [0.25, 0.3) is 0 Å². The maximum atomic E-state index is 14.0. The number of carbonyl (C=O) groups is 1. The second kappa shape index (κ2) is 7.38. The molecule has 28 heavy (non-hydrogen) atoms. The van der Waals surface area contributed by atoms with E-state index in [-0.39, 0.29) is 11.8 Å². The van der Waals surface area contributed by atoms with Crippen LogP contribution in [0.25, 0.3) is 11.3 Å². The van der Waals surface area contributed by atoms with E-state index in [1.165, 1.54) is 13.2 Å². The third-order valence-electron chi connectivity index (χ3n) is 4.97. The Kier molecular flexibility index (Phi) is 4.77. The van der Waals surface area contributed by atoms with Gasteiger partial charge in [-0.05, 0) is 36.6 Å². The van der Waals surface area contributed by atoms with Crippen LogP contribution < -0.4 is 10.1 Å². The topological polar surface area (TPSA) is 54.7 Å². The number of benzene rings is 2. The molecule has 2 amide bonds. The van der Waals surface area contributed by atoms with Gasteiger partial charge in [-0.2, -0.15) is 0 Å². The molecule has 3 aromatic rings. The van der Waals surface area contributed by atoms with Crippen LogP contribution in [0, 0.1) is 12.7 Å². The van der Waals surface area contributed by atoms with E-state index in [2.05, 4.69) is 5.32 Å². The van der Waals surface area contributed by atoms with Crippen LogP contribution in [0.2, 0.25) is 0 Å². The summed E-state index contributed by atoms with van der Waals surface area (Å²) in [6.07, 6.45) is 0.717. The number of hydrogen-bond donors (Lipinski definition) is 1. The van der Waals surface area contributed by atoms with Crippen molar-refractivity contribution in [2.24, 2.45) is 0 Å². The zero-order chi connectivity index (χ0) is 19.7. The molecule has 1 aliphatic heterocycles. The Labute approximate surface area is 162 Å². The highest BCUT2D eigenvalue weighted by molar-refractivity contribution is 5.90. The maximum absolute atomic E-state index is 14.0. The number of furan rings is 1. The Morgan fingerprint density at radius 1 is 1.21 bits per heavy atom. The first-order valence-corrected chi connectivity index (χ1v) is 9.12. The van der Waals surface area contributed by atoms with E-state index in [4.69, 9.17) is 9.15 Å². The van der Waals surface area contributed by atoms with Gasteiger partial charge in [-0.3, -0.25) is 0 Å². The van der Waals surface area contributed by atoms with Gasteiger partial charge in [0, 0.05) is 23.9 Å². The molecule has 0 radical (unpaired) electrons. The Morgan fingerprint density at radius 3 is 2.75 bits per heavy atom. The van der Waals surface area contributed by atoms with Gasteiger partial charge in [-0.15, -0.1) is 0 Å². The molecule has 1 aromatic heterocycles. The van der Waals surface area contributed by atoms with Crippen molar-refractivity contribution in [2.75, 3.05) is 19.0 Å². The number of methoxy groups -OCH3 is 1. The molecule has 0 aliphatic carbocycles. The summed E-state index contributed by atoms with van der Waals surface area (Å²) in [5.74, 6) is 1.24. The number of urea groups is 1. The second-order valence-corrected chi connectivity index (χ2v) is 6.83. The normalized spacial score (nSPS) is 13.2. The summed E-state index contributed by atoms with van der Waals surface area (Å²) in [6, 6.07) is 14.5. The molecule has 0 bridgehead atoms. The molecular formula is C22H21FN2O3. The fourth-order valence-electron chi connectivity index (χ4n) is 3.38. The highest BCUT2D eigenvalue weighted by atomic mass is 19.1. The molecule has 0 saturated carbocycles. The zero-order valence-corrected chi connectivity index (χ0v) is 15.8. The number of halogens is 1. The lowest BCUT2D eigenvalue weighted by molar-refractivity contribution is 0.200. The van der Waals surface area contributed by atoms with Crippen molar-refractivity contribution in [2.45, 2.75) is 19.9 Å². The molecule has 0 atom stereocenters. The van der Waals surface area contributed by atoms with Gasteiger partial charge >= 0.3 is 6.03 Å². The number of nitrogens with one attached hydrogen (secondary N) is 1. The Balaban J connectivity index is 1.49. The van der Waals surface area contributed by atoms with Gasteiger partial charge in [0.2, 0.25) is 0 Å². The minimum atomic E-state index is -0.511. The first-order chi connectivity index (χ1) is 13.5. The van der Waals surface area contributed by atoms with Crippen molar-refractivity contribution in [3.63, 3.8) is 0 Å². The maximum Gasteiger partial charge on any atom is 0.322 e. The van der Waals surface area contributed by atoms with Crippen molar-refractivity contribution in [3.05, 3.63) is 71.2 Å². The fourth-order valence-corrected chi connectivity index (χ4v) is 3.38. The molecule has 144 valence electrons. The molecule has 2 aromatic carbocycles. The highest BCUT2D eigenvalue weighted by Crippen LogP contribution is 2.30. The Bertz CT molecular complexity index is 1010. The number of ether oxygens (including phenoxy) is 1. The minimum Gasteiger partial charge on any atom is -0.494 e. The van der Waals surface area contributed by atoms with Crippen molar-refractivity contribution >= 4 is 11.7 Å². The van der Waals surface area contributed by atoms with E-state index in [9.17, 15) is 9.18 Å². The number of fused-ring (bicyclic) bond motifs is 1. The van der Waals surface area contributed by atoms with Crippen molar-refractivity contribution in [3.8, 4) is 17.1 Å². The summed E-state index contributed by atoms with van der Waals surface area (Å²) < 4.78 is 24.9. The second-order valence-electron chi connectivity index (χ2n) is 6.83. The number of rotatable bonds is 3. The average molecular weight is 380 g/mol. The molecule has 2 heterocycles. The van der Waals surface area contributed by atoms with E-state index < -0.39 is 5.82 Å². The summed E-state index contributed by atoms with van der Waals surface area (Å²) >= 11 is 0. The van der Waals surface area contributed by atoms with Crippen LogP contribution in [0.3, 0.4) is 0 Å². The molecule has 1 aliphatic rings. The van der Waals surface area contributed by atoms with E-state index >= 15 is 0 Å². The van der Waals surface area contributed by atoms with E-state index in [0.717, 1.165) is 34.6 Å². The molecule has 0 spiro atoms. The summed E-state index contributed by atoms with van der Waals surface area (Å²) in [5, 5.41) is 2.79. The Hall–Kier alpha value is -3.28. The van der Waals surface area contributed by atoms with Gasteiger partial charge < -0.3 is 19.4 Å². The van der Waals surface area contributed by atoms with Gasteiger partial charge in [0.05, 0.1) is 13.7 Å². The van der Waals surface area contributed by atoms with Gasteiger partial charge in [0.15, 0.2) is 11.6 Å². The molecule has 1 N–H and O–H groups in total. The average Bonchev–Trinajstić information content (AvgIpc) is 3.14. The van der Waals surface area contributed by atoms with Crippen molar-refractivity contribution < 1.29 is 18.3 Å². The summed E-state index contributed by atoms with van der Waals surface area (Å²) in [4.78, 5) is 14.4. The predicted octanol–water partition coefficient (Wildman–Crippen LogP) is 4.99. The number of anilines is 1. The van der Waals surface area contributed by atoms with Crippen LogP contribution in [0.4, 0.5) is 14.9 Å². The van der Waals surface area contributed by atoms with Crippen LogP contribution in [-0.2, 0) is 13.0 Å². The lowest BCUT2D eigenvalue weighted by atomic mass is 10.1. The molecule has 6 heteroatoms. The van der Waals surface area contributed by atoms with Gasteiger partial charge in [-0.25, -0.2) is 9.18 Å². The number of amides is 2. The SMILES string of the molecule is COc1cc(C)c(NC(=O)N2CCc3cc(-c4ccccc4)oc3C2)cc1F. The summed E-state index contributed by atoms with van der Waals surface area (Å²) in [6.45, 7) is 2.75. The fraction of sp³-hybridized carbons (Fsp3) is 0.227. The van der Waals surface area contributed by atoms with Gasteiger partial charge in [0.1, 0.15) is 11.5 Å². The van der Waals surface area contributed by atoms with Crippen LogP contribution in [-0.4, -0.2) is 24.6 Å². The standard InChI is InChI=1S/C22H21FN2O3/c1-14-10-20(27-2)17(23)12-18(14)24-22(26)25-9-8-16-11-19(28-21(16)13-25)15-6-4-3-5-7-15/h3-7,10-12H,8-9,13H2,1-2H3,(H,24,26). The Morgan fingerprint density at radius 2 is 2.00 bits per heavy atom. The molecule has 0 unspecified atom stereocenters. The van der Waals surface area contributed by atoms with Crippen LogP contribution in [0.5, 0.6) is 5.75 Å². The monoisotopic (exact) mass is 380 g/mol. The highest BCUT2D eigenvalue weighted by Gasteiger charge is 2.25. The number of nitrogens with zero attached hydrogens (tertiary/aromatic N) is 1. The summed E-state index contributed by atoms with van der Waals surface area (Å²) in [7, 11) is 1.41. The van der Waals surface area contributed by atoms with Crippen LogP contribution >= 0.6 is 0 Å². The number of hydrogen-bond acceptors (Lipinski definition) is 3. The molecule has 5 nitrogen and oxygen atoms in total. The first kappa shape index (κ1) is 18.1. The first-order valence-electron chi connectivity index (χ1n) is 9.12. The zero-order valence-electron chi connectivity index (χ0n) is 15.8. The van der Waals surface area contributed by atoms with Crippen molar-refractivity contribution in [1.29, 1.82) is 0 Å². The summed E-state index contributed by atoms with van der Waals surface area (Å²) in [5.41, 5.74) is 3.29. The predicted molar refractivity (Wildman–Crippen MR) is 105 cm³/mol. The quantitative estimate of drug-likeness (QED) is 0.696. The third kappa shape index (κ3) is 3.45. The van der Waals surface area contributed by atoms with E-state index in [0.29, 0.717) is 18.8 Å². The molecule has 0 saturated heterocycles. The molecular weight excluding hydrogens is 359 g/mol. The lowest BCUT2D eigenvalue weighted by Crippen LogP contribution is -2.38.